The van der Waals surface area contributed by atoms with Crippen LogP contribution in [0.2, 0.25) is 5.02 Å². The molecule has 0 aliphatic rings. The Morgan fingerprint density at radius 3 is 2.58 bits per heavy atom. The number of nitrogens with one attached hydrogen (secondary N) is 1. The maximum atomic E-state index is 12.0. The van der Waals surface area contributed by atoms with E-state index in [1.54, 1.807) is 0 Å². The zero-order chi connectivity index (χ0) is 13.2. The molecule has 1 N–H and O–H groups in total. The molecular weight excluding hydrogens is 260 g/mol. The van der Waals surface area contributed by atoms with E-state index in [1.807, 2.05) is 48.5 Å². The number of nitrogens with zero attached hydrogens (tertiary/aromatic N) is 1. The van der Waals surface area contributed by atoms with Crippen LogP contribution in [0, 0.1) is 0 Å². The van der Waals surface area contributed by atoms with Crippen LogP contribution in [0.3, 0.4) is 0 Å². The molecule has 1 heterocycles. The summed E-state index contributed by atoms with van der Waals surface area (Å²) in [6, 6.07) is 14.9. The lowest BCUT2D eigenvalue weighted by molar-refractivity contribution is 1.03. The van der Waals surface area contributed by atoms with E-state index in [0.29, 0.717) is 17.1 Å². The van der Waals surface area contributed by atoms with E-state index < -0.39 is 0 Å². The number of benzene rings is 2. The van der Waals surface area contributed by atoms with Crippen LogP contribution in [-0.2, 0) is 6.42 Å². The maximum Gasteiger partial charge on any atom is 0.270 e. The molecule has 0 bridgehead atoms. The maximum absolute atomic E-state index is 12.0. The van der Waals surface area contributed by atoms with E-state index in [2.05, 4.69) is 9.97 Å². The lowest BCUT2D eigenvalue weighted by Gasteiger charge is -2.03. The topological polar surface area (TPSA) is 45.8 Å². The fraction of sp³-hybridized carbons (Fsp3) is 0.0667. The average molecular weight is 271 g/mol. The minimum atomic E-state index is -0.145. The Morgan fingerprint density at radius 1 is 1.05 bits per heavy atom. The van der Waals surface area contributed by atoms with Gasteiger partial charge >= 0.3 is 0 Å². The third-order valence-corrected chi connectivity index (χ3v) is 3.21. The van der Waals surface area contributed by atoms with Crippen LogP contribution >= 0.6 is 11.6 Å². The van der Waals surface area contributed by atoms with Crippen molar-refractivity contribution in [1.29, 1.82) is 0 Å². The number of H-pyrrole nitrogens is 1. The largest absolute Gasteiger partial charge is 0.319 e. The summed E-state index contributed by atoms with van der Waals surface area (Å²) in [5.74, 6) is 0. The highest BCUT2D eigenvalue weighted by molar-refractivity contribution is 6.30. The Kier molecular flexibility index (Phi) is 3.05. The van der Waals surface area contributed by atoms with Crippen LogP contribution in [0.1, 0.15) is 11.3 Å². The van der Waals surface area contributed by atoms with E-state index in [9.17, 15) is 4.79 Å². The first-order valence-corrected chi connectivity index (χ1v) is 6.32. The molecular formula is C15H11ClN2O. The molecule has 0 radical (unpaired) electrons. The summed E-state index contributed by atoms with van der Waals surface area (Å²) in [7, 11) is 0. The van der Waals surface area contributed by atoms with Gasteiger partial charge in [0.25, 0.3) is 5.56 Å². The third-order valence-electron chi connectivity index (χ3n) is 2.95. The van der Waals surface area contributed by atoms with Crippen molar-refractivity contribution < 1.29 is 0 Å². The Balaban J connectivity index is 2.03. The second-order valence-corrected chi connectivity index (χ2v) is 4.77. The van der Waals surface area contributed by atoms with Crippen molar-refractivity contribution in [2.45, 2.75) is 6.42 Å². The molecule has 0 aliphatic heterocycles. The molecule has 3 rings (SSSR count). The number of para-hydroxylation sites is 2. The van der Waals surface area contributed by atoms with Crippen LogP contribution in [0.25, 0.3) is 11.0 Å². The molecule has 4 heteroatoms. The summed E-state index contributed by atoms with van der Waals surface area (Å²) < 4.78 is 0. The Morgan fingerprint density at radius 2 is 1.79 bits per heavy atom. The fourth-order valence-electron chi connectivity index (χ4n) is 1.98. The molecule has 0 saturated carbocycles. The van der Waals surface area contributed by atoms with Gasteiger partial charge in [-0.05, 0) is 29.8 Å². The molecule has 3 nitrogen and oxygen atoms in total. The van der Waals surface area contributed by atoms with Crippen molar-refractivity contribution in [2.24, 2.45) is 0 Å². The number of hydrogen-bond donors (Lipinski definition) is 1. The average Bonchev–Trinajstić information content (AvgIpc) is 2.42. The van der Waals surface area contributed by atoms with Gasteiger partial charge in [0.1, 0.15) is 5.69 Å². The van der Waals surface area contributed by atoms with E-state index in [0.717, 1.165) is 16.6 Å². The first-order valence-electron chi connectivity index (χ1n) is 5.95. The SMILES string of the molecule is O=c1[nH]c2ccccc2nc1Cc1ccc(Cl)cc1. The molecule has 0 saturated heterocycles. The number of aromatic amines is 1. The van der Waals surface area contributed by atoms with E-state index in [-0.39, 0.29) is 5.56 Å². The van der Waals surface area contributed by atoms with Gasteiger partial charge in [0.2, 0.25) is 0 Å². The van der Waals surface area contributed by atoms with Crippen molar-refractivity contribution in [3.05, 3.63) is 75.2 Å². The van der Waals surface area contributed by atoms with Crippen molar-refractivity contribution in [3.63, 3.8) is 0 Å². The number of hydrogen-bond acceptors (Lipinski definition) is 2. The van der Waals surface area contributed by atoms with Crippen LogP contribution in [0.5, 0.6) is 0 Å². The summed E-state index contributed by atoms with van der Waals surface area (Å²) in [4.78, 5) is 19.2. The first-order chi connectivity index (χ1) is 9.22. The highest BCUT2D eigenvalue weighted by atomic mass is 35.5. The van der Waals surface area contributed by atoms with Crippen molar-refractivity contribution in [3.8, 4) is 0 Å². The van der Waals surface area contributed by atoms with Crippen LogP contribution < -0.4 is 5.56 Å². The molecule has 0 unspecified atom stereocenters. The standard InChI is InChI=1S/C15H11ClN2O/c16-11-7-5-10(6-8-11)9-14-15(19)18-13-4-2-1-3-12(13)17-14/h1-8H,9H2,(H,18,19). The zero-order valence-electron chi connectivity index (χ0n) is 10.1. The van der Waals surface area contributed by atoms with Crippen LogP contribution in [0.15, 0.2) is 53.3 Å². The van der Waals surface area contributed by atoms with Crippen molar-refractivity contribution in [2.75, 3.05) is 0 Å². The number of halogens is 1. The second-order valence-electron chi connectivity index (χ2n) is 4.33. The molecule has 0 spiro atoms. The van der Waals surface area contributed by atoms with Crippen molar-refractivity contribution >= 4 is 22.6 Å². The summed E-state index contributed by atoms with van der Waals surface area (Å²) in [6.07, 6.45) is 0.497. The normalized spacial score (nSPS) is 10.8. The van der Waals surface area contributed by atoms with Gasteiger partial charge in [0.05, 0.1) is 11.0 Å². The van der Waals surface area contributed by atoms with E-state index >= 15 is 0 Å². The summed E-state index contributed by atoms with van der Waals surface area (Å²) in [5, 5.41) is 0.684. The molecule has 19 heavy (non-hydrogen) atoms. The highest BCUT2D eigenvalue weighted by Crippen LogP contribution is 2.12. The Labute approximate surface area is 114 Å². The third kappa shape index (κ3) is 2.51. The van der Waals surface area contributed by atoms with E-state index in [1.165, 1.54) is 0 Å². The molecule has 3 aromatic rings. The Bertz CT molecular complexity index is 778. The minimum Gasteiger partial charge on any atom is -0.319 e. The van der Waals surface area contributed by atoms with Gasteiger partial charge < -0.3 is 4.98 Å². The van der Waals surface area contributed by atoms with Gasteiger partial charge in [0, 0.05) is 11.4 Å². The minimum absolute atomic E-state index is 0.145. The number of fused-ring (bicyclic) bond motifs is 1. The zero-order valence-corrected chi connectivity index (χ0v) is 10.8. The Hall–Kier alpha value is -2.13. The first kappa shape index (κ1) is 11.9. The van der Waals surface area contributed by atoms with Gasteiger partial charge in [-0.1, -0.05) is 35.9 Å². The van der Waals surface area contributed by atoms with E-state index in [4.69, 9.17) is 11.6 Å². The molecule has 0 atom stereocenters. The summed E-state index contributed by atoms with van der Waals surface area (Å²) in [6.45, 7) is 0. The molecule has 0 fully saturated rings. The summed E-state index contributed by atoms with van der Waals surface area (Å²) >= 11 is 5.84. The molecule has 0 amide bonds. The summed E-state index contributed by atoms with van der Waals surface area (Å²) in [5.41, 5.74) is 2.94. The van der Waals surface area contributed by atoms with Crippen LogP contribution in [0.4, 0.5) is 0 Å². The number of rotatable bonds is 2. The van der Waals surface area contributed by atoms with Crippen molar-refractivity contribution in [1.82, 2.24) is 9.97 Å². The smallest absolute Gasteiger partial charge is 0.270 e. The highest BCUT2D eigenvalue weighted by Gasteiger charge is 2.05. The lowest BCUT2D eigenvalue weighted by atomic mass is 10.1. The predicted molar refractivity (Wildman–Crippen MR) is 76.6 cm³/mol. The van der Waals surface area contributed by atoms with Crippen LogP contribution in [-0.4, -0.2) is 9.97 Å². The monoisotopic (exact) mass is 270 g/mol. The fourth-order valence-corrected chi connectivity index (χ4v) is 2.11. The van der Waals surface area contributed by atoms with Gasteiger partial charge in [-0.3, -0.25) is 4.79 Å². The van der Waals surface area contributed by atoms with Gasteiger partial charge in [-0.15, -0.1) is 0 Å². The molecule has 1 aromatic heterocycles. The quantitative estimate of drug-likeness (QED) is 0.777. The van der Waals surface area contributed by atoms with Gasteiger partial charge in [-0.25, -0.2) is 4.98 Å². The molecule has 94 valence electrons. The number of aromatic nitrogens is 2. The molecule has 0 aliphatic carbocycles. The lowest BCUT2D eigenvalue weighted by Crippen LogP contribution is -2.15. The van der Waals surface area contributed by atoms with Gasteiger partial charge in [0.15, 0.2) is 0 Å². The molecule has 2 aromatic carbocycles. The van der Waals surface area contributed by atoms with Gasteiger partial charge in [-0.2, -0.15) is 0 Å². The second kappa shape index (κ2) is 4.86. The predicted octanol–water partition coefficient (Wildman–Crippen LogP) is 3.17.